The Labute approximate surface area is 616 Å². The third-order valence-corrected chi connectivity index (χ3v) is 21.7. The van der Waals surface area contributed by atoms with Gasteiger partial charge in [0.2, 0.25) is 82.7 Å². The molecule has 5 saturated heterocycles. The van der Waals surface area contributed by atoms with Crippen LogP contribution in [0.3, 0.4) is 0 Å². The van der Waals surface area contributed by atoms with E-state index in [0.29, 0.717) is 31.2 Å². The normalized spacial score (nSPS) is 28.5. The van der Waals surface area contributed by atoms with Gasteiger partial charge in [-0.15, -0.1) is 0 Å². The van der Waals surface area contributed by atoms with Crippen LogP contribution in [0.5, 0.6) is 0 Å². The number of hydrogen-bond donors (Lipinski definition) is 17. The number of carboxylic acid groups (broad SMARTS) is 1. The molecule has 1 unspecified atom stereocenters. The summed E-state index contributed by atoms with van der Waals surface area (Å²) in [5.41, 5.74) is 17.5. The maximum absolute atomic E-state index is 15.3. The molecule has 20 N–H and O–H groups in total. The highest BCUT2D eigenvalue weighted by Crippen LogP contribution is 2.29. The van der Waals surface area contributed by atoms with Crippen LogP contribution in [0.4, 0.5) is 0 Å². The highest BCUT2D eigenvalue weighted by atomic mass is 33.1. The van der Waals surface area contributed by atoms with Gasteiger partial charge in [0.25, 0.3) is 0 Å². The van der Waals surface area contributed by atoms with Crippen molar-refractivity contribution in [3.63, 3.8) is 0 Å². The molecule has 1 aromatic carbocycles. The molecule has 582 valence electrons. The van der Waals surface area contributed by atoms with Crippen molar-refractivity contribution in [3.05, 3.63) is 35.9 Å². The molecule has 0 saturated carbocycles. The first-order valence-corrected chi connectivity index (χ1v) is 38.3. The van der Waals surface area contributed by atoms with E-state index in [0.717, 1.165) is 28.5 Å². The molecule has 5 heterocycles. The van der Waals surface area contributed by atoms with Crippen LogP contribution >= 0.6 is 21.6 Å². The monoisotopic (exact) mass is 1510 g/mol. The van der Waals surface area contributed by atoms with E-state index < -0.39 is 216 Å². The molecule has 5 aliphatic rings. The number of amides is 14. The first-order chi connectivity index (χ1) is 50.0. The third kappa shape index (κ3) is 24.6. The summed E-state index contributed by atoms with van der Waals surface area (Å²) >= 11 is 0. The largest absolute Gasteiger partial charge is 0.481 e. The predicted molar refractivity (Wildman–Crippen MR) is 384 cm³/mol. The number of rotatable bonds is 18. The molecule has 0 radical (unpaired) electrons. The molecule has 16 atom stereocenters. The van der Waals surface area contributed by atoms with Crippen LogP contribution in [0.25, 0.3) is 0 Å². The Morgan fingerprint density at radius 2 is 1.01 bits per heavy atom. The summed E-state index contributed by atoms with van der Waals surface area (Å²) in [6.45, 7) is 6.22. The summed E-state index contributed by atoms with van der Waals surface area (Å²) in [5.74, 6) is -17.2. The Morgan fingerprint density at radius 3 is 1.59 bits per heavy atom. The lowest BCUT2D eigenvalue weighted by molar-refractivity contribution is -0.149. The average Bonchev–Trinajstić information content (AvgIpc) is 1.69. The van der Waals surface area contributed by atoms with Crippen molar-refractivity contribution >= 4 is 116 Å². The van der Waals surface area contributed by atoms with Gasteiger partial charge in [-0.3, -0.25) is 76.9 Å². The van der Waals surface area contributed by atoms with Crippen LogP contribution in [-0.4, -0.2) is 267 Å². The highest BCUT2D eigenvalue weighted by molar-refractivity contribution is 8.76. The standard InChI is InChI=1S/C67H104N18O18S2/c1-6-35(3)51-62(99)79-44-33-104-105-34-45(78-55(92)39(20-13-25-71-67(69)70)73-49(88)31-72-54(91)41(30-50(89)90)75-60(97)46-21-14-26-83(46)64(101)42(76-58(44)95)29-38-17-9-8-10-18-38)59(96)82-53(37(5)87)63(100)74-40(19-11-12-24-68)56(93)77-43(32-86)57(94)81-52(36(4)7-2)66(103)85-28-16-23-48(85)65(102)84-27-15-22-47(84)61(98)80-51/h8-10,17-18,35-37,39-48,51-53,86-87H,6-7,11-16,19-34,68H2,1-5H3,(H,72,91)(H,73,88)(H,74,100)(H,75,97)(H,76,95)(H,77,93)(H,78,92)(H,79,99)(H,80,98)(H,81,94)(H,82,96)(H,89,90)(H4,69,70,71)/t35-,36-,37+,39-,40-,41-,42-,43-,44-,45?,46-,47-,48-,51-,52-,53-/m0/s1. The van der Waals surface area contributed by atoms with Gasteiger partial charge < -0.3 is 106 Å². The second kappa shape index (κ2) is 41.7. The molecule has 5 fully saturated rings. The number of nitrogens with one attached hydrogen (secondary N) is 11. The first-order valence-electron chi connectivity index (χ1n) is 35.8. The van der Waals surface area contributed by atoms with Crippen molar-refractivity contribution in [2.45, 2.75) is 216 Å². The van der Waals surface area contributed by atoms with Crippen molar-refractivity contribution in [3.8, 4) is 0 Å². The summed E-state index contributed by atoms with van der Waals surface area (Å²) < 4.78 is 0. The topological polar surface area (TPSA) is 549 Å². The predicted octanol–water partition coefficient (Wildman–Crippen LogP) is -5.30. The molecule has 5 aliphatic heterocycles. The molecule has 38 heteroatoms. The highest BCUT2D eigenvalue weighted by Gasteiger charge is 2.47. The zero-order chi connectivity index (χ0) is 77.2. The molecule has 14 amide bonds. The van der Waals surface area contributed by atoms with Gasteiger partial charge in [-0.1, -0.05) is 92.5 Å². The Kier molecular flexibility index (Phi) is 33.8. The molecule has 2 bridgehead atoms. The smallest absolute Gasteiger partial charge is 0.305 e. The van der Waals surface area contributed by atoms with Gasteiger partial charge in [0, 0.05) is 44.1 Å². The minimum absolute atomic E-state index is 0.00934. The Bertz CT molecular complexity index is 3300. The number of carbonyl (C=O) groups is 15. The van der Waals surface area contributed by atoms with Crippen LogP contribution in [0.2, 0.25) is 0 Å². The van der Waals surface area contributed by atoms with E-state index in [9.17, 15) is 72.9 Å². The number of aliphatic imine (C=N–C) groups is 1. The first kappa shape index (κ1) is 85.1. The molecular weight excluding hydrogens is 1410 g/mol. The summed E-state index contributed by atoms with van der Waals surface area (Å²) in [5, 5.41) is 60.1. The number of benzene rings is 1. The maximum atomic E-state index is 15.3. The number of nitrogens with zero attached hydrogens (tertiary/aromatic N) is 4. The number of guanidine groups is 1. The second-order valence-corrected chi connectivity index (χ2v) is 29.6. The van der Waals surface area contributed by atoms with Crippen molar-refractivity contribution in [1.29, 1.82) is 0 Å². The molecule has 36 nitrogen and oxygen atoms in total. The van der Waals surface area contributed by atoms with Gasteiger partial charge in [0.15, 0.2) is 5.96 Å². The molecule has 105 heavy (non-hydrogen) atoms. The molecule has 0 spiro atoms. The van der Waals surface area contributed by atoms with Gasteiger partial charge in [0.1, 0.15) is 78.5 Å². The summed E-state index contributed by atoms with van der Waals surface area (Å²) in [4.78, 5) is 225. The Morgan fingerprint density at radius 1 is 0.533 bits per heavy atom. The van der Waals surface area contributed by atoms with Gasteiger partial charge in [-0.25, -0.2) is 0 Å². The van der Waals surface area contributed by atoms with Gasteiger partial charge in [-0.2, -0.15) is 0 Å². The minimum Gasteiger partial charge on any atom is -0.481 e. The maximum Gasteiger partial charge on any atom is 0.305 e. The van der Waals surface area contributed by atoms with Crippen molar-refractivity contribution in [2.75, 3.05) is 57.4 Å². The quantitative estimate of drug-likeness (QED) is 0.0282. The average molecular weight is 1510 g/mol. The van der Waals surface area contributed by atoms with E-state index in [1.165, 1.54) is 14.7 Å². The van der Waals surface area contributed by atoms with E-state index >= 15 is 14.4 Å². The van der Waals surface area contributed by atoms with Crippen LogP contribution in [0, 0.1) is 11.8 Å². The number of aliphatic carboxylic acids is 1. The fourth-order valence-corrected chi connectivity index (χ4v) is 15.2. The third-order valence-electron chi connectivity index (χ3n) is 19.3. The van der Waals surface area contributed by atoms with Crippen LogP contribution in [0.15, 0.2) is 35.3 Å². The van der Waals surface area contributed by atoms with Crippen LogP contribution in [0.1, 0.15) is 130 Å². The minimum atomic E-state index is -1.94. The van der Waals surface area contributed by atoms with E-state index in [1.807, 2.05) is 0 Å². The number of unbranched alkanes of at least 4 members (excludes halogenated alkanes) is 1. The fraction of sp³-hybridized carbons (Fsp3) is 0.672. The summed E-state index contributed by atoms with van der Waals surface area (Å²) in [6, 6.07) is -11.5. The van der Waals surface area contributed by atoms with Gasteiger partial charge >= 0.3 is 5.97 Å². The lowest BCUT2D eigenvalue weighted by Crippen LogP contribution is -2.62. The Hall–Kier alpha value is -8.88. The number of aliphatic hydroxyl groups is 2. The van der Waals surface area contributed by atoms with E-state index in [1.54, 1.807) is 58.0 Å². The van der Waals surface area contributed by atoms with Crippen molar-refractivity contribution in [1.82, 2.24) is 73.2 Å². The number of aliphatic hydroxyl groups excluding tert-OH is 2. The number of hydrogen-bond acceptors (Lipinski definition) is 21. The number of fused-ring (bicyclic) bond motifs is 8. The van der Waals surface area contributed by atoms with Gasteiger partial charge in [-0.05, 0) is 101 Å². The van der Waals surface area contributed by atoms with Crippen LogP contribution < -0.4 is 75.7 Å². The van der Waals surface area contributed by atoms with Gasteiger partial charge in [0.05, 0.1) is 25.7 Å². The molecule has 0 aromatic heterocycles. The SMILES string of the molecule is CC[C@H](C)[C@@H]1NC(=O)[C@@H]2CCCN2C(=O)[C@@H]2CCCN2C(=O)[C@H]([C@@H](C)CC)NC(=O)[C@H](CO)NC(=O)[C@H](CCCCN)NC(=O)[C@H]([C@@H](C)O)NC(=O)C2CSSC[C@H](NC1=O)C(=O)N[C@@H](Cc1ccccc1)C(=O)N1CCC[C@H]1C(=O)N[C@@H](CC(=O)O)C(=O)NCC(=O)N[C@@H](CCCN=C(N)N)C(=O)N2. The number of carboxylic acids is 1. The van der Waals surface area contributed by atoms with Crippen molar-refractivity contribution in [2.24, 2.45) is 34.0 Å². The summed E-state index contributed by atoms with van der Waals surface area (Å²) in [6.07, 6.45) is -1.00. The van der Waals surface area contributed by atoms with E-state index in [4.69, 9.17) is 17.2 Å². The molecule has 0 aliphatic carbocycles. The number of nitrogens with two attached hydrogens (primary N) is 3. The zero-order valence-corrected chi connectivity index (χ0v) is 61.5. The Balaban J connectivity index is 1.50. The number of carbonyl (C=O) groups excluding carboxylic acids is 14. The lowest BCUT2D eigenvalue weighted by atomic mass is 9.96. The van der Waals surface area contributed by atoms with Crippen LogP contribution in [-0.2, 0) is 78.3 Å². The summed E-state index contributed by atoms with van der Waals surface area (Å²) in [7, 11) is 1.70. The fourth-order valence-electron chi connectivity index (χ4n) is 12.9. The molecule has 6 rings (SSSR count). The second-order valence-electron chi connectivity index (χ2n) is 27.0. The zero-order valence-electron chi connectivity index (χ0n) is 59.9. The van der Waals surface area contributed by atoms with E-state index in [-0.39, 0.29) is 103 Å². The molecule has 1 aromatic rings. The lowest BCUT2D eigenvalue weighted by Gasteiger charge is -2.35. The van der Waals surface area contributed by atoms with E-state index in [2.05, 4.69) is 63.5 Å². The van der Waals surface area contributed by atoms with Crippen molar-refractivity contribution < 1.29 is 87.2 Å². The molecular formula is C67H104N18O18S2.